The van der Waals surface area contributed by atoms with Crippen LogP contribution in [0.3, 0.4) is 0 Å². The molecule has 0 N–H and O–H groups in total. The van der Waals surface area contributed by atoms with E-state index in [0.717, 1.165) is 22.5 Å². The predicted octanol–water partition coefficient (Wildman–Crippen LogP) is 4.38. The molecule has 4 nitrogen and oxygen atoms in total. The Labute approximate surface area is 155 Å². The predicted molar refractivity (Wildman–Crippen MR) is 106 cm³/mol. The van der Waals surface area contributed by atoms with Crippen LogP contribution in [0.25, 0.3) is 16.6 Å². The number of para-hydroxylation sites is 1. The molecule has 0 aliphatic carbocycles. The molecule has 0 fully saturated rings. The van der Waals surface area contributed by atoms with E-state index in [1.807, 2.05) is 73.7 Å². The van der Waals surface area contributed by atoms with Crippen molar-refractivity contribution < 1.29 is 0 Å². The Morgan fingerprint density at radius 3 is 2.54 bits per heavy atom. The topological polar surface area (TPSA) is 47.8 Å². The van der Waals surface area contributed by atoms with Crippen molar-refractivity contribution >= 4 is 22.7 Å². The van der Waals surface area contributed by atoms with Crippen LogP contribution in [0.4, 0.5) is 0 Å². The van der Waals surface area contributed by atoms with Crippen molar-refractivity contribution in [2.24, 2.45) is 0 Å². The van der Waals surface area contributed by atoms with Gasteiger partial charge in [0.25, 0.3) is 5.56 Å². The van der Waals surface area contributed by atoms with Crippen LogP contribution in [0.15, 0.2) is 82.9 Å². The van der Waals surface area contributed by atoms with Crippen LogP contribution >= 0.6 is 11.8 Å². The van der Waals surface area contributed by atoms with Crippen molar-refractivity contribution in [1.29, 1.82) is 0 Å². The number of pyridine rings is 1. The maximum atomic E-state index is 13.3. The molecule has 0 atom stereocenters. The summed E-state index contributed by atoms with van der Waals surface area (Å²) in [7, 11) is 0. The Kier molecular flexibility index (Phi) is 4.54. The maximum absolute atomic E-state index is 13.3. The van der Waals surface area contributed by atoms with Crippen LogP contribution < -0.4 is 5.56 Å². The van der Waals surface area contributed by atoms with Crippen LogP contribution in [0.5, 0.6) is 0 Å². The Balaban J connectivity index is 1.88. The molecule has 4 rings (SSSR count). The van der Waals surface area contributed by atoms with Gasteiger partial charge in [0.05, 0.1) is 22.3 Å². The highest BCUT2D eigenvalue weighted by Crippen LogP contribution is 2.24. The Morgan fingerprint density at radius 2 is 1.77 bits per heavy atom. The highest BCUT2D eigenvalue weighted by Gasteiger charge is 2.14. The van der Waals surface area contributed by atoms with Gasteiger partial charge in [0.2, 0.25) is 0 Å². The molecular formula is C21H17N3OS. The first-order valence-corrected chi connectivity index (χ1v) is 9.33. The number of thioether (sulfide) groups is 1. The second kappa shape index (κ2) is 7.14. The van der Waals surface area contributed by atoms with Gasteiger partial charge in [-0.15, -0.1) is 0 Å². The van der Waals surface area contributed by atoms with Crippen LogP contribution in [0.2, 0.25) is 0 Å². The fourth-order valence-electron chi connectivity index (χ4n) is 2.90. The number of hydrogen-bond donors (Lipinski definition) is 0. The van der Waals surface area contributed by atoms with Crippen molar-refractivity contribution in [2.75, 3.05) is 0 Å². The Bertz CT molecular complexity index is 1110. The highest BCUT2D eigenvalue weighted by molar-refractivity contribution is 7.98. The fourth-order valence-corrected chi connectivity index (χ4v) is 3.83. The number of fused-ring (bicyclic) bond motifs is 1. The van der Waals surface area contributed by atoms with Crippen LogP contribution in [-0.4, -0.2) is 14.5 Å². The standard InChI is InChI=1S/C21H17N3OS/c1-15-8-7-12-18-19(15)20(25)24(17-10-3-2-4-11-17)21(23-18)26-14-16-9-5-6-13-22-16/h2-13H,14H2,1H3. The van der Waals surface area contributed by atoms with E-state index in [4.69, 9.17) is 4.98 Å². The van der Waals surface area contributed by atoms with Gasteiger partial charge in [0.1, 0.15) is 0 Å². The van der Waals surface area contributed by atoms with E-state index in [-0.39, 0.29) is 5.56 Å². The van der Waals surface area contributed by atoms with E-state index in [0.29, 0.717) is 16.3 Å². The van der Waals surface area contributed by atoms with Crippen LogP contribution in [0, 0.1) is 6.92 Å². The number of aryl methyl sites for hydroxylation is 1. The molecule has 0 unspecified atom stereocenters. The molecule has 2 aromatic carbocycles. The summed E-state index contributed by atoms with van der Waals surface area (Å²) in [6.45, 7) is 1.95. The summed E-state index contributed by atoms with van der Waals surface area (Å²) in [5.74, 6) is 0.650. The molecule has 0 amide bonds. The zero-order valence-electron chi connectivity index (χ0n) is 14.3. The zero-order chi connectivity index (χ0) is 17.9. The van der Waals surface area contributed by atoms with Gasteiger partial charge < -0.3 is 0 Å². The van der Waals surface area contributed by atoms with Crippen molar-refractivity contribution in [2.45, 2.75) is 17.8 Å². The molecule has 0 aliphatic rings. The molecule has 0 saturated heterocycles. The molecular weight excluding hydrogens is 342 g/mol. The molecule has 0 saturated carbocycles. The fraction of sp³-hybridized carbons (Fsp3) is 0.0952. The minimum atomic E-state index is -0.0391. The summed E-state index contributed by atoms with van der Waals surface area (Å²) in [6, 6.07) is 21.3. The molecule has 0 aliphatic heterocycles. The van der Waals surface area contributed by atoms with Gasteiger partial charge in [-0.3, -0.25) is 14.3 Å². The van der Waals surface area contributed by atoms with Gasteiger partial charge in [-0.05, 0) is 42.8 Å². The second-order valence-electron chi connectivity index (χ2n) is 5.95. The Hall–Kier alpha value is -2.92. The van der Waals surface area contributed by atoms with E-state index in [9.17, 15) is 4.79 Å². The van der Waals surface area contributed by atoms with E-state index in [1.54, 1.807) is 10.8 Å². The number of hydrogen-bond acceptors (Lipinski definition) is 4. The average molecular weight is 359 g/mol. The van der Waals surface area contributed by atoms with Crippen molar-refractivity contribution in [1.82, 2.24) is 14.5 Å². The van der Waals surface area contributed by atoms with E-state index >= 15 is 0 Å². The zero-order valence-corrected chi connectivity index (χ0v) is 15.1. The minimum Gasteiger partial charge on any atom is -0.268 e. The molecule has 128 valence electrons. The first-order valence-electron chi connectivity index (χ1n) is 8.34. The molecule has 0 spiro atoms. The summed E-state index contributed by atoms with van der Waals surface area (Å²) >= 11 is 1.52. The summed E-state index contributed by atoms with van der Waals surface area (Å²) in [5.41, 5.74) is 3.40. The monoisotopic (exact) mass is 359 g/mol. The molecule has 2 aromatic heterocycles. The lowest BCUT2D eigenvalue weighted by atomic mass is 10.1. The van der Waals surface area contributed by atoms with Gasteiger partial charge >= 0.3 is 0 Å². The van der Waals surface area contributed by atoms with Crippen molar-refractivity contribution in [3.63, 3.8) is 0 Å². The number of benzene rings is 2. The first-order chi connectivity index (χ1) is 12.7. The molecule has 4 aromatic rings. The number of rotatable bonds is 4. The van der Waals surface area contributed by atoms with Gasteiger partial charge in [-0.25, -0.2) is 4.98 Å². The normalized spacial score (nSPS) is 11.0. The Morgan fingerprint density at radius 1 is 0.962 bits per heavy atom. The second-order valence-corrected chi connectivity index (χ2v) is 6.89. The van der Waals surface area contributed by atoms with E-state index in [2.05, 4.69) is 4.98 Å². The van der Waals surface area contributed by atoms with Gasteiger partial charge in [-0.1, -0.05) is 48.2 Å². The summed E-state index contributed by atoms with van der Waals surface area (Å²) < 4.78 is 1.70. The third-order valence-corrected chi connectivity index (χ3v) is 5.14. The third-order valence-electron chi connectivity index (χ3n) is 4.16. The van der Waals surface area contributed by atoms with Gasteiger partial charge in [-0.2, -0.15) is 0 Å². The SMILES string of the molecule is Cc1cccc2nc(SCc3ccccn3)n(-c3ccccc3)c(=O)c12. The lowest BCUT2D eigenvalue weighted by Crippen LogP contribution is -2.22. The molecule has 0 radical (unpaired) electrons. The highest BCUT2D eigenvalue weighted by atomic mass is 32.2. The number of aromatic nitrogens is 3. The van der Waals surface area contributed by atoms with E-state index < -0.39 is 0 Å². The van der Waals surface area contributed by atoms with E-state index in [1.165, 1.54) is 11.8 Å². The van der Waals surface area contributed by atoms with Crippen molar-refractivity contribution in [3.05, 3.63) is 94.5 Å². The molecule has 2 heterocycles. The minimum absolute atomic E-state index is 0.0391. The third kappa shape index (κ3) is 3.13. The smallest absolute Gasteiger partial charge is 0.266 e. The van der Waals surface area contributed by atoms with Gasteiger partial charge in [0.15, 0.2) is 5.16 Å². The molecule has 5 heteroatoms. The summed E-state index contributed by atoms with van der Waals surface area (Å²) in [4.78, 5) is 22.4. The van der Waals surface area contributed by atoms with Crippen molar-refractivity contribution in [3.8, 4) is 5.69 Å². The average Bonchev–Trinajstić information content (AvgIpc) is 2.68. The first kappa shape index (κ1) is 16.5. The molecule has 26 heavy (non-hydrogen) atoms. The van der Waals surface area contributed by atoms with Crippen LogP contribution in [0.1, 0.15) is 11.3 Å². The summed E-state index contributed by atoms with van der Waals surface area (Å²) in [6.07, 6.45) is 1.78. The lowest BCUT2D eigenvalue weighted by molar-refractivity contribution is 0.818. The maximum Gasteiger partial charge on any atom is 0.266 e. The largest absolute Gasteiger partial charge is 0.268 e. The quantitative estimate of drug-likeness (QED) is 0.401. The summed E-state index contributed by atoms with van der Waals surface area (Å²) in [5, 5.41) is 1.34. The van der Waals surface area contributed by atoms with Gasteiger partial charge in [0, 0.05) is 11.9 Å². The molecule has 0 bridgehead atoms. The van der Waals surface area contributed by atoms with Crippen LogP contribution in [-0.2, 0) is 5.75 Å². The number of nitrogens with zero attached hydrogens (tertiary/aromatic N) is 3. The lowest BCUT2D eigenvalue weighted by Gasteiger charge is -2.14.